The molecule has 0 radical (unpaired) electrons. The Labute approximate surface area is 109 Å². The highest BCUT2D eigenvalue weighted by Gasteiger charge is 2.18. The van der Waals surface area contributed by atoms with Crippen LogP contribution in [0, 0.1) is 0 Å². The Morgan fingerprint density at radius 1 is 1.28 bits per heavy atom. The van der Waals surface area contributed by atoms with Crippen LogP contribution >= 0.6 is 11.3 Å². The molecule has 0 aliphatic heterocycles. The molecule has 0 spiro atoms. The van der Waals surface area contributed by atoms with Crippen molar-refractivity contribution in [3.63, 3.8) is 0 Å². The first-order chi connectivity index (χ1) is 8.86. The zero-order valence-corrected chi connectivity index (χ0v) is 10.9. The number of hydrogen-bond donors (Lipinski definition) is 2. The summed E-state index contributed by atoms with van der Waals surface area (Å²) in [6.45, 7) is 0. The third-order valence-corrected chi connectivity index (χ3v) is 4.06. The average Bonchev–Trinajstić information content (AvgIpc) is 2.88. The number of hydrogen-bond acceptors (Lipinski definition) is 6. The summed E-state index contributed by atoms with van der Waals surface area (Å²) in [6.07, 6.45) is 6.30. The fraction of sp³-hybridized carbons (Fsp3) is 0.500. The standard InChI is InChI=1S/C12H16N4OS/c13-16-12-14-10(9-6-7-18-11(9)15-12)17-8-4-2-1-3-5-8/h6-8H,1-5,13H2,(H,14,15,16). The quantitative estimate of drug-likeness (QED) is 0.658. The SMILES string of the molecule is NNc1nc(OC2CCCCC2)c2ccsc2n1. The number of fused-ring (bicyclic) bond motifs is 1. The van der Waals surface area contributed by atoms with Gasteiger partial charge in [0.1, 0.15) is 10.9 Å². The summed E-state index contributed by atoms with van der Waals surface area (Å²) >= 11 is 1.57. The molecule has 2 heterocycles. The summed E-state index contributed by atoms with van der Waals surface area (Å²) < 4.78 is 6.03. The maximum Gasteiger partial charge on any atom is 0.241 e. The van der Waals surface area contributed by atoms with E-state index in [0.29, 0.717) is 11.8 Å². The largest absolute Gasteiger partial charge is 0.474 e. The molecular weight excluding hydrogens is 248 g/mol. The molecule has 0 atom stereocenters. The second-order valence-corrected chi connectivity index (χ2v) is 5.41. The highest BCUT2D eigenvalue weighted by atomic mass is 32.1. The van der Waals surface area contributed by atoms with Crippen LogP contribution in [-0.2, 0) is 0 Å². The minimum absolute atomic E-state index is 0.280. The van der Waals surface area contributed by atoms with Gasteiger partial charge in [-0.1, -0.05) is 6.42 Å². The zero-order valence-electron chi connectivity index (χ0n) is 10.1. The summed E-state index contributed by atoms with van der Waals surface area (Å²) in [5.74, 6) is 6.45. The number of nitrogen functional groups attached to an aromatic ring is 1. The Kier molecular flexibility index (Phi) is 3.29. The maximum absolute atomic E-state index is 6.03. The molecule has 6 heteroatoms. The smallest absolute Gasteiger partial charge is 0.241 e. The number of anilines is 1. The normalized spacial score (nSPS) is 16.9. The van der Waals surface area contributed by atoms with Crippen molar-refractivity contribution >= 4 is 27.5 Å². The molecule has 3 rings (SSSR count). The van der Waals surface area contributed by atoms with Crippen molar-refractivity contribution < 1.29 is 4.74 Å². The highest BCUT2D eigenvalue weighted by molar-refractivity contribution is 7.16. The van der Waals surface area contributed by atoms with Crippen LogP contribution < -0.4 is 16.0 Å². The van der Waals surface area contributed by atoms with E-state index in [9.17, 15) is 0 Å². The third-order valence-electron chi connectivity index (χ3n) is 3.25. The number of nitrogens with two attached hydrogens (primary N) is 1. The Balaban J connectivity index is 1.91. The van der Waals surface area contributed by atoms with Gasteiger partial charge < -0.3 is 4.74 Å². The number of rotatable bonds is 3. The molecule has 2 aromatic heterocycles. The van der Waals surface area contributed by atoms with Crippen molar-refractivity contribution in [2.45, 2.75) is 38.2 Å². The van der Waals surface area contributed by atoms with Gasteiger partial charge in [0, 0.05) is 0 Å². The van der Waals surface area contributed by atoms with Crippen LogP contribution in [0.2, 0.25) is 0 Å². The van der Waals surface area contributed by atoms with Crippen LogP contribution in [0.5, 0.6) is 5.88 Å². The van der Waals surface area contributed by atoms with E-state index in [0.717, 1.165) is 23.1 Å². The first-order valence-electron chi connectivity index (χ1n) is 6.25. The van der Waals surface area contributed by atoms with Crippen molar-refractivity contribution in [3.8, 4) is 5.88 Å². The fourth-order valence-electron chi connectivity index (χ4n) is 2.32. The van der Waals surface area contributed by atoms with Gasteiger partial charge in [-0.25, -0.2) is 10.8 Å². The molecule has 96 valence electrons. The monoisotopic (exact) mass is 264 g/mol. The molecule has 0 aromatic carbocycles. The van der Waals surface area contributed by atoms with Crippen molar-refractivity contribution in [2.75, 3.05) is 5.43 Å². The zero-order chi connectivity index (χ0) is 12.4. The highest BCUT2D eigenvalue weighted by Crippen LogP contribution is 2.30. The van der Waals surface area contributed by atoms with Crippen LogP contribution in [0.15, 0.2) is 11.4 Å². The minimum Gasteiger partial charge on any atom is -0.474 e. The van der Waals surface area contributed by atoms with E-state index in [1.165, 1.54) is 19.3 Å². The number of thiophene rings is 1. The van der Waals surface area contributed by atoms with E-state index in [1.807, 2.05) is 11.4 Å². The van der Waals surface area contributed by atoms with Gasteiger partial charge in [0.2, 0.25) is 11.8 Å². The van der Waals surface area contributed by atoms with Gasteiger partial charge in [-0.2, -0.15) is 4.98 Å². The minimum atomic E-state index is 0.280. The van der Waals surface area contributed by atoms with Crippen molar-refractivity contribution in [1.82, 2.24) is 9.97 Å². The lowest BCUT2D eigenvalue weighted by Crippen LogP contribution is -2.21. The second kappa shape index (κ2) is 5.07. The first kappa shape index (κ1) is 11.7. The molecule has 0 unspecified atom stereocenters. The molecule has 0 saturated heterocycles. The number of ether oxygens (including phenoxy) is 1. The van der Waals surface area contributed by atoms with Gasteiger partial charge in [-0.15, -0.1) is 11.3 Å². The van der Waals surface area contributed by atoms with Gasteiger partial charge >= 0.3 is 0 Å². The Morgan fingerprint density at radius 3 is 2.89 bits per heavy atom. The number of aromatic nitrogens is 2. The number of hydrazine groups is 1. The number of nitrogens with zero attached hydrogens (tertiary/aromatic N) is 2. The molecule has 0 amide bonds. The average molecular weight is 264 g/mol. The van der Waals surface area contributed by atoms with Gasteiger partial charge in [0.25, 0.3) is 0 Å². The summed E-state index contributed by atoms with van der Waals surface area (Å²) in [6, 6.07) is 2.00. The van der Waals surface area contributed by atoms with E-state index >= 15 is 0 Å². The van der Waals surface area contributed by atoms with Crippen LogP contribution in [0.25, 0.3) is 10.2 Å². The predicted molar refractivity (Wildman–Crippen MR) is 72.7 cm³/mol. The molecule has 1 aliphatic carbocycles. The Bertz CT molecular complexity index is 536. The summed E-state index contributed by atoms with van der Waals surface area (Å²) in [7, 11) is 0. The van der Waals surface area contributed by atoms with Crippen LogP contribution in [-0.4, -0.2) is 16.1 Å². The lowest BCUT2D eigenvalue weighted by atomic mass is 9.98. The van der Waals surface area contributed by atoms with E-state index < -0.39 is 0 Å². The van der Waals surface area contributed by atoms with E-state index in [4.69, 9.17) is 10.6 Å². The molecule has 1 aliphatic rings. The molecule has 2 aromatic rings. The van der Waals surface area contributed by atoms with E-state index in [2.05, 4.69) is 15.4 Å². The maximum atomic E-state index is 6.03. The lowest BCUT2D eigenvalue weighted by molar-refractivity contribution is 0.151. The fourth-order valence-corrected chi connectivity index (χ4v) is 3.08. The molecule has 18 heavy (non-hydrogen) atoms. The topological polar surface area (TPSA) is 73.1 Å². The van der Waals surface area contributed by atoms with Crippen LogP contribution in [0.3, 0.4) is 0 Å². The van der Waals surface area contributed by atoms with Gasteiger partial charge in [0.05, 0.1) is 5.39 Å². The predicted octanol–water partition coefficient (Wildman–Crippen LogP) is 2.69. The molecule has 1 saturated carbocycles. The van der Waals surface area contributed by atoms with Crippen molar-refractivity contribution in [3.05, 3.63) is 11.4 Å². The van der Waals surface area contributed by atoms with Gasteiger partial charge in [-0.05, 0) is 37.1 Å². The van der Waals surface area contributed by atoms with Crippen molar-refractivity contribution in [2.24, 2.45) is 5.84 Å². The third kappa shape index (κ3) is 2.26. The molecule has 5 nitrogen and oxygen atoms in total. The first-order valence-corrected chi connectivity index (χ1v) is 7.13. The molecular formula is C12H16N4OS. The molecule has 0 bridgehead atoms. The van der Waals surface area contributed by atoms with E-state index in [-0.39, 0.29) is 6.10 Å². The Hall–Kier alpha value is -1.40. The van der Waals surface area contributed by atoms with Crippen molar-refractivity contribution in [1.29, 1.82) is 0 Å². The second-order valence-electron chi connectivity index (χ2n) is 4.51. The van der Waals surface area contributed by atoms with E-state index in [1.54, 1.807) is 11.3 Å². The molecule has 3 N–H and O–H groups in total. The summed E-state index contributed by atoms with van der Waals surface area (Å²) in [4.78, 5) is 9.53. The van der Waals surface area contributed by atoms with Gasteiger partial charge in [-0.3, -0.25) is 5.43 Å². The van der Waals surface area contributed by atoms with Gasteiger partial charge in [0.15, 0.2) is 0 Å². The van der Waals surface area contributed by atoms with Crippen LogP contribution in [0.4, 0.5) is 5.95 Å². The Morgan fingerprint density at radius 2 is 2.11 bits per heavy atom. The number of nitrogens with one attached hydrogen (secondary N) is 1. The summed E-state index contributed by atoms with van der Waals surface area (Å²) in [5, 5.41) is 2.97. The summed E-state index contributed by atoms with van der Waals surface area (Å²) in [5.41, 5.74) is 2.49. The molecule has 1 fully saturated rings. The lowest BCUT2D eigenvalue weighted by Gasteiger charge is -2.22. The van der Waals surface area contributed by atoms with Crippen LogP contribution in [0.1, 0.15) is 32.1 Å².